The largest absolute Gasteiger partial charge is 0.439 e. The molecule has 0 spiro atoms. The van der Waals surface area contributed by atoms with Crippen LogP contribution in [0.4, 0.5) is 0 Å². The minimum Gasteiger partial charge on any atom is -0.439 e. The molecule has 6 heteroatoms. The smallest absolute Gasteiger partial charge is 0.212 e. The van der Waals surface area contributed by atoms with Crippen LogP contribution in [0.1, 0.15) is 31.7 Å². The maximum atomic E-state index is 11.8. The third-order valence-corrected chi connectivity index (χ3v) is 5.21. The highest BCUT2D eigenvalue weighted by Crippen LogP contribution is 2.27. The molecule has 1 unspecified atom stereocenters. The zero-order chi connectivity index (χ0) is 13.5. The Kier molecular flexibility index (Phi) is 3.06. The molecule has 1 saturated heterocycles. The van der Waals surface area contributed by atoms with E-state index in [1.807, 2.05) is 0 Å². The lowest BCUT2D eigenvalue weighted by molar-refractivity contribution is 0.452. The fourth-order valence-electron chi connectivity index (χ4n) is 2.33. The Hall–Kier alpha value is -1.40. The number of nitrogens with zero attached hydrogens (tertiary/aromatic N) is 1. The molecule has 1 aromatic heterocycles. The van der Waals surface area contributed by atoms with E-state index >= 15 is 0 Å². The lowest BCUT2D eigenvalue weighted by Crippen LogP contribution is -2.12. The van der Waals surface area contributed by atoms with Crippen LogP contribution in [0, 0.1) is 0 Å². The van der Waals surface area contributed by atoms with E-state index < -0.39 is 9.84 Å². The Morgan fingerprint density at radius 1 is 1.47 bits per heavy atom. The molecule has 1 N–H and O–H groups in total. The second-order valence-electron chi connectivity index (χ2n) is 4.73. The van der Waals surface area contributed by atoms with Crippen molar-refractivity contribution in [3.05, 3.63) is 24.1 Å². The molecule has 0 saturated carbocycles. The first-order chi connectivity index (χ1) is 9.10. The van der Waals surface area contributed by atoms with E-state index in [1.54, 1.807) is 25.1 Å². The molecule has 1 aliphatic rings. The van der Waals surface area contributed by atoms with Crippen LogP contribution >= 0.6 is 0 Å². The van der Waals surface area contributed by atoms with Crippen LogP contribution in [-0.4, -0.2) is 25.7 Å². The van der Waals surface area contributed by atoms with E-state index in [9.17, 15) is 8.42 Å². The van der Waals surface area contributed by atoms with E-state index in [-0.39, 0.29) is 11.8 Å². The van der Waals surface area contributed by atoms with Crippen LogP contribution in [0.15, 0.2) is 27.5 Å². The number of sulfone groups is 1. The normalized spacial score (nSPS) is 20.2. The van der Waals surface area contributed by atoms with E-state index in [2.05, 4.69) is 10.3 Å². The first kappa shape index (κ1) is 12.6. The van der Waals surface area contributed by atoms with Crippen molar-refractivity contribution in [1.82, 2.24) is 10.3 Å². The predicted octanol–water partition coefficient (Wildman–Crippen LogP) is 2.05. The van der Waals surface area contributed by atoms with Gasteiger partial charge in [0.05, 0.1) is 16.7 Å². The van der Waals surface area contributed by atoms with Crippen molar-refractivity contribution >= 4 is 20.9 Å². The maximum Gasteiger partial charge on any atom is 0.212 e. The third-order valence-electron chi connectivity index (χ3n) is 3.47. The summed E-state index contributed by atoms with van der Waals surface area (Å²) in [7, 11) is -3.20. The Morgan fingerprint density at radius 3 is 3.00 bits per heavy atom. The molecule has 0 amide bonds. The van der Waals surface area contributed by atoms with Gasteiger partial charge < -0.3 is 9.73 Å². The fourth-order valence-corrected chi connectivity index (χ4v) is 3.23. The number of aromatic nitrogens is 1. The number of oxazole rings is 1. The number of hydrogen-bond donors (Lipinski definition) is 1. The van der Waals surface area contributed by atoms with Gasteiger partial charge in [-0.3, -0.25) is 0 Å². The molecular weight excluding hydrogens is 264 g/mol. The van der Waals surface area contributed by atoms with Crippen LogP contribution in [0.5, 0.6) is 0 Å². The summed E-state index contributed by atoms with van der Waals surface area (Å²) < 4.78 is 29.4. The van der Waals surface area contributed by atoms with Crippen LogP contribution in [-0.2, 0) is 9.84 Å². The van der Waals surface area contributed by atoms with Gasteiger partial charge in [0, 0.05) is 0 Å². The quantitative estimate of drug-likeness (QED) is 0.931. The van der Waals surface area contributed by atoms with Crippen molar-refractivity contribution < 1.29 is 12.8 Å². The van der Waals surface area contributed by atoms with Crippen molar-refractivity contribution in [3.63, 3.8) is 0 Å². The molecule has 0 radical (unpaired) electrons. The SMILES string of the molecule is CCS(=O)(=O)c1ccc2oc(C3CCCN3)nc2c1. The van der Waals surface area contributed by atoms with Gasteiger partial charge in [-0.15, -0.1) is 0 Å². The Morgan fingerprint density at radius 2 is 2.32 bits per heavy atom. The number of hydrogen-bond acceptors (Lipinski definition) is 5. The van der Waals surface area contributed by atoms with E-state index in [0.717, 1.165) is 19.4 Å². The predicted molar refractivity (Wildman–Crippen MR) is 71.7 cm³/mol. The molecule has 0 bridgehead atoms. The lowest BCUT2D eigenvalue weighted by atomic mass is 10.2. The Labute approximate surface area is 111 Å². The van der Waals surface area contributed by atoms with Crippen LogP contribution in [0.2, 0.25) is 0 Å². The summed E-state index contributed by atoms with van der Waals surface area (Å²) in [5.74, 6) is 0.742. The van der Waals surface area contributed by atoms with Gasteiger partial charge in [-0.1, -0.05) is 6.92 Å². The molecular formula is C13H16N2O3S. The van der Waals surface area contributed by atoms with Crippen molar-refractivity contribution in [2.24, 2.45) is 0 Å². The fraction of sp³-hybridized carbons (Fsp3) is 0.462. The zero-order valence-corrected chi connectivity index (χ0v) is 11.5. The van der Waals surface area contributed by atoms with Crippen LogP contribution in [0.25, 0.3) is 11.1 Å². The molecule has 1 fully saturated rings. The molecule has 5 nitrogen and oxygen atoms in total. The third kappa shape index (κ3) is 2.26. The summed E-state index contributed by atoms with van der Waals surface area (Å²) in [6, 6.07) is 5.01. The van der Waals surface area contributed by atoms with Crippen molar-refractivity contribution in [1.29, 1.82) is 0 Å². The van der Waals surface area contributed by atoms with Gasteiger partial charge in [0.2, 0.25) is 5.89 Å². The molecule has 1 aromatic carbocycles. The Bertz CT molecular complexity index is 700. The highest BCUT2D eigenvalue weighted by atomic mass is 32.2. The van der Waals surface area contributed by atoms with E-state index in [0.29, 0.717) is 21.9 Å². The number of benzene rings is 1. The maximum absolute atomic E-state index is 11.8. The van der Waals surface area contributed by atoms with Gasteiger partial charge in [-0.2, -0.15) is 0 Å². The van der Waals surface area contributed by atoms with Gasteiger partial charge >= 0.3 is 0 Å². The summed E-state index contributed by atoms with van der Waals surface area (Å²) in [4.78, 5) is 4.72. The molecule has 102 valence electrons. The number of fused-ring (bicyclic) bond motifs is 1. The summed E-state index contributed by atoms with van der Waals surface area (Å²) in [5.41, 5.74) is 1.25. The second kappa shape index (κ2) is 4.61. The highest BCUT2D eigenvalue weighted by Gasteiger charge is 2.22. The first-order valence-electron chi connectivity index (χ1n) is 6.47. The average Bonchev–Trinajstić information content (AvgIpc) is 3.06. The first-order valence-corrected chi connectivity index (χ1v) is 8.12. The number of rotatable bonds is 3. The van der Waals surface area contributed by atoms with Gasteiger partial charge in [-0.05, 0) is 37.6 Å². The molecule has 0 aliphatic carbocycles. The summed E-state index contributed by atoms with van der Waals surface area (Å²) >= 11 is 0. The molecule has 1 atom stereocenters. The van der Waals surface area contributed by atoms with Gasteiger partial charge in [0.1, 0.15) is 5.52 Å². The van der Waals surface area contributed by atoms with Gasteiger partial charge in [0.25, 0.3) is 0 Å². The minimum atomic E-state index is -3.20. The van der Waals surface area contributed by atoms with E-state index in [4.69, 9.17) is 4.42 Å². The molecule has 2 heterocycles. The highest BCUT2D eigenvalue weighted by molar-refractivity contribution is 7.91. The summed E-state index contributed by atoms with van der Waals surface area (Å²) in [6.45, 7) is 2.61. The van der Waals surface area contributed by atoms with E-state index in [1.165, 1.54) is 0 Å². The minimum absolute atomic E-state index is 0.0907. The average molecular weight is 280 g/mol. The summed E-state index contributed by atoms with van der Waals surface area (Å²) in [6.07, 6.45) is 2.12. The molecule has 19 heavy (non-hydrogen) atoms. The van der Waals surface area contributed by atoms with Gasteiger partial charge in [0.15, 0.2) is 15.4 Å². The molecule has 3 rings (SSSR count). The van der Waals surface area contributed by atoms with Crippen molar-refractivity contribution in [2.75, 3.05) is 12.3 Å². The number of nitrogens with one attached hydrogen (secondary N) is 1. The zero-order valence-electron chi connectivity index (χ0n) is 10.7. The second-order valence-corrected chi connectivity index (χ2v) is 7.01. The molecule has 2 aromatic rings. The molecule has 1 aliphatic heterocycles. The van der Waals surface area contributed by atoms with Gasteiger partial charge in [-0.25, -0.2) is 13.4 Å². The summed E-state index contributed by atoms with van der Waals surface area (Å²) in [5, 5.41) is 3.32. The van der Waals surface area contributed by atoms with Crippen LogP contribution < -0.4 is 5.32 Å². The standard InChI is InChI=1S/C13H16N2O3S/c1-2-19(16,17)9-5-6-12-11(8-9)15-13(18-12)10-4-3-7-14-10/h5-6,8,10,14H,2-4,7H2,1H3. The topological polar surface area (TPSA) is 72.2 Å². The van der Waals surface area contributed by atoms with Crippen molar-refractivity contribution in [3.8, 4) is 0 Å². The lowest BCUT2D eigenvalue weighted by Gasteiger charge is -2.02. The van der Waals surface area contributed by atoms with Crippen LogP contribution in [0.3, 0.4) is 0 Å². The monoisotopic (exact) mass is 280 g/mol. The van der Waals surface area contributed by atoms with Crippen molar-refractivity contribution in [2.45, 2.75) is 30.7 Å². The Balaban J connectivity index is 2.04.